The van der Waals surface area contributed by atoms with E-state index in [4.69, 9.17) is 12.2 Å². The van der Waals surface area contributed by atoms with Crippen LogP contribution in [0.3, 0.4) is 0 Å². The number of hydrogen-bond acceptors (Lipinski definition) is 4. The number of hydrogen-bond donors (Lipinski definition) is 2. The molecule has 2 atom stereocenters. The summed E-state index contributed by atoms with van der Waals surface area (Å²) in [5.74, 6) is -0.277. The van der Waals surface area contributed by atoms with Crippen molar-refractivity contribution in [3.05, 3.63) is 52.5 Å². The van der Waals surface area contributed by atoms with Gasteiger partial charge in [0.05, 0.1) is 6.04 Å². The lowest BCUT2D eigenvalue weighted by Gasteiger charge is -2.41. The van der Waals surface area contributed by atoms with Crippen molar-refractivity contribution in [2.45, 2.75) is 25.9 Å². The van der Waals surface area contributed by atoms with Crippen LogP contribution >= 0.6 is 23.6 Å². The van der Waals surface area contributed by atoms with Crippen LogP contribution in [0.25, 0.3) is 0 Å². The van der Waals surface area contributed by atoms with Crippen LogP contribution in [0.15, 0.2) is 41.8 Å². The summed E-state index contributed by atoms with van der Waals surface area (Å²) in [4.78, 5) is 6.37. The van der Waals surface area contributed by atoms with E-state index in [1.54, 1.807) is 17.4 Å². The number of thiocarbonyl (C=S) groups is 1. The summed E-state index contributed by atoms with van der Waals surface area (Å²) < 4.78 is 13.4. The van der Waals surface area contributed by atoms with E-state index in [-0.39, 0.29) is 17.9 Å². The van der Waals surface area contributed by atoms with Crippen molar-refractivity contribution in [2.24, 2.45) is 0 Å². The van der Waals surface area contributed by atoms with Crippen molar-refractivity contribution in [2.75, 3.05) is 38.0 Å². The molecule has 7 heteroatoms. The van der Waals surface area contributed by atoms with Crippen LogP contribution in [0.2, 0.25) is 0 Å². The van der Waals surface area contributed by atoms with Crippen LogP contribution in [0.1, 0.15) is 24.8 Å². The first-order valence-electron chi connectivity index (χ1n) is 9.39. The average Bonchev–Trinajstić information content (AvgIpc) is 3.16. The summed E-state index contributed by atoms with van der Waals surface area (Å²) in [7, 11) is 0. The Labute approximate surface area is 170 Å². The van der Waals surface area contributed by atoms with Gasteiger partial charge in [0, 0.05) is 42.8 Å². The average molecular weight is 407 g/mol. The standard InChI is InChI=1S/C20H27FN4S2/c1-3-24-9-11-25(12-10-24)19(18-8-5-13-27-18)15(2)22-20(26)23-17-7-4-6-16(21)14-17/h4-8,13-15,19H,3,9-12H2,1-2H3,(H2,22,23,26)/t15-,19+/m0/s1. The third-order valence-electron chi connectivity index (χ3n) is 5.00. The van der Waals surface area contributed by atoms with E-state index in [0.29, 0.717) is 10.8 Å². The molecule has 1 saturated heterocycles. The number of nitrogens with one attached hydrogen (secondary N) is 2. The molecule has 0 amide bonds. The largest absolute Gasteiger partial charge is 0.358 e. The third-order valence-corrected chi connectivity index (χ3v) is 6.16. The molecule has 146 valence electrons. The Morgan fingerprint density at radius 1 is 1.22 bits per heavy atom. The van der Waals surface area contributed by atoms with Crippen molar-refractivity contribution in [3.63, 3.8) is 0 Å². The first-order chi connectivity index (χ1) is 13.1. The van der Waals surface area contributed by atoms with Gasteiger partial charge in [-0.25, -0.2) is 4.39 Å². The molecule has 1 fully saturated rings. The molecule has 1 aliphatic heterocycles. The van der Waals surface area contributed by atoms with E-state index in [1.165, 1.54) is 17.0 Å². The van der Waals surface area contributed by atoms with Crippen LogP contribution < -0.4 is 10.6 Å². The van der Waals surface area contributed by atoms with E-state index in [9.17, 15) is 4.39 Å². The zero-order chi connectivity index (χ0) is 19.2. The molecule has 2 aromatic rings. The van der Waals surface area contributed by atoms with Crippen molar-refractivity contribution < 1.29 is 4.39 Å². The number of nitrogens with zero attached hydrogens (tertiary/aromatic N) is 2. The van der Waals surface area contributed by atoms with Gasteiger partial charge in [-0.3, -0.25) is 4.90 Å². The molecule has 27 heavy (non-hydrogen) atoms. The lowest BCUT2D eigenvalue weighted by atomic mass is 10.1. The Hall–Kier alpha value is -1.54. The van der Waals surface area contributed by atoms with Gasteiger partial charge in [-0.1, -0.05) is 19.1 Å². The van der Waals surface area contributed by atoms with Gasteiger partial charge in [-0.2, -0.15) is 0 Å². The second kappa shape index (κ2) is 9.59. The molecule has 0 aliphatic carbocycles. The maximum absolute atomic E-state index is 13.4. The highest BCUT2D eigenvalue weighted by atomic mass is 32.1. The first kappa shape index (κ1) is 20.2. The Morgan fingerprint density at radius 3 is 2.63 bits per heavy atom. The van der Waals surface area contributed by atoms with Gasteiger partial charge in [-0.05, 0) is 55.3 Å². The second-order valence-corrected chi connectivity index (χ2v) is 8.22. The van der Waals surface area contributed by atoms with Crippen molar-refractivity contribution in [1.82, 2.24) is 15.1 Å². The van der Waals surface area contributed by atoms with Crippen LogP contribution in [0.5, 0.6) is 0 Å². The van der Waals surface area contributed by atoms with Crippen LogP contribution in [0.4, 0.5) is 10.1 Å². The topological polar surface area (TPSA) is 30.5 Å². The zero-order valence-electron chi connectivity index (χ0n) is 15.8. The van der Waals surface area contributed by atoms with Crippen LogP contribution in [-0.4, -0.2) is 53.7 Å². The zero-order valence-corrected chi connectivity index (χ0v) is 17.5. The molecule has 1 aromatic carbocycles. The molecule has 1 aromatic heterocycles. The van der Waals surface area contributed by atoms with Gasteiger partial charge in [0.15, 0.2) is 5.11 Å². The predicted molar refractivity (Wildman–Crippen MR) is 116 cm³/mol. The molecule has 3 rings (SSSR count). The number of anilines is 1. The molecule has 0 bridgehead atoms. The maximum atomic E-state index is 13.4. The van der Waals surface area contributed by atoms with Gasteiger partial charge < -0.3 is 15.5 Å². The highest BCUT2D eigenvalue weighted by Gasteiger charge is 2.30. The second-order valence-electron chi connectivity index (χ2n) is 6.83. The number of rotatable bonds is 6. The minimum absolute atomic E-state index is 0.130. The quantitative estimate of drug-likeness (QED) is 0.710. The molecule has 2 N–H and O–H groups in total. The summed E-state index contributed by atoms with van der Waals surface area (Å²) in [6.45, 7) is 9.77. The maximum Gasteiger partial charge on any atom is 0.171 e. The van der Waals surface area contributed by atoms with Crippen molar-refractivity contribution in [1.29, 1.82) is 0 Å². The smallest absolute Gasteiger partial charge is 0.171 e. The molecular formula is C20H27FN4S2. The molecule has 0 radical (unpaired) electrons. The minimum Gasteiger partial charge on any atom is -0.358 e. The number of benzene rings is 1. The predicted octanol–water partition coefficient (Wildman–Crippen LogP) is 3.94. The summed E-state index contributed by atoms with van der Waals surface area (Å²) in [6.07, 6.45) is 0. The molecule has 1 aliphatic rings. The summed E-state index contributed by atoms with van der Waals surface area (Å²) in [5, 5.41) is 9.14. The van der Waals surface area contributed by atoms with Gasteiger partial charge in [-0.15, -0.1) is 11.3 Å². The molecule has 0 unspecified atom stereocenters. The van der Waals surface area contributed by atoms with Crippen LogP contribution in [-0.2, 0) is 0 Å². The highest BCUT2D eigenvalue weighted by molar-refractivity contribution is 7.80. The molecule has 4 nitrogen and oxygen atoms in total. The Morgan fingerprint density at radius 2 is 2.00 bits per heavy atom. The minimum atomic E-state index is -0.277. The fourth-order valence-electron chi connectivity index (χ4n) is 3.58. The van der Waals surface area contributed by atoms with Crippen molar-refractivity contribution >= 4 is 34.4 Å². The summed E-state index contributed by atoms with van der Waals surface area (Å²) in [6, 6.07) is 11.0. The Kier molecular flexibility index (Phi) is 7.18. The van der Waals surface area contributed by atoms with E-state index < -0.39 is 0 Å². The third kappa shape index (κ3) is 5.48. The number of thiophene rings is 1. The van der Waals surface area contributed by atoms with Gasteiger partial charge in [0.25, 0.3) is 0 Å². The molecule has 0 spiro atoms. The monoisotopic (exact) mass is 406 g/mol. The van der Waals surface area contributed by atoms with Gasteiger partial charge in [0.1, 0.15) is 5.82 Å². The molecule has 0 saturated carbocycles. The van der Waals surface area contributed by atoms with E-state index >= 15 is 0 Å². The lowest BCUT2D eigenvalue weighted by Crippen LogP contribution is -2.52. The molecular weight excluding hydrogens is 379 g/mol. The summed E-state index contributed by atoms with van der Waals surface area (Å²) in [5.41, 5.74) is 0.656. The highest BCUT2D eigenvalue weighted by Crippen LogP contribution is 2.29. The van der Waals surface area contributed by atoms with Crippen molar-refractivity contribution in [3.8, 4) is 0 Å². The SMILES string of the molecule is CCN1CCN([C@@H](c2cccs2)[C@H](C)NC(=S)Nc2cccc(F)c2)CC1. The number of piperazine rings is 1. The Bertz CT molecular complexity index is 729. The molecule has 2 heterocycles. The number of likely N-dealkylation sites (N-methyl/N-ethyl adjacent to an activating group) is 1. The lowest BCUT2D eigenvalue weighted by molar-refractivity contribution is 0.0883. The van der Waals surface area contributed by atoms with Gasteiger partial charge in [0.2, 0.25) is 0 Å². The fraction of sp³-hybridized carbons (Fsp3) is 0.450. The first-order valence-corrected chi connectivity index (χ1v) is 10.7. The van der Waals surface area contributed by atoms with E-state index in [2.05, 4.69) is 51.8 Å². The van der Waals surface area contributed by atoms with Crippen LogP contribution in [0, 0.1) is 5.82 Å². The van der Waals surface area contributed by atoms with E-state index in [0.717, 1.165) is 32.7 Å². The normalized spacial score (nSPS) is 18.0. The number of halogens is 1. The fourth-order valence-corrected chi connectivity index (χ4v) is 4.85. The van der Waals surface area contributed by atoms with Gasteiger partial charge >= 0.3 is 0 Å². The summed E-state index contributed by atoms with van der Waals surface area (Å²) >= 11 is 7.26. The van der Waals surface area contributed by atoms with E-state index in [1.807, 2.05) is 6.07 Å². The Balaban J connectivity index is 1.66.